The van der Waals surface area contributed by atoms with E-state index in [0.717, 1.165) is 38.0 Å². The van der Waals surface area contributed by atoms with Crippen molar-refractivity contribution in [1.29, 1.82) is 0 Å². The highest BCUT2D eigenvalue weighted by atomic mass is 19.1. The molecule has 1 saturated heterocycles. The van der Waals surface area contributed by atoms with Crippen molar-refractivity contribution in [3.05, 3.63) is 35.6 Å². The summed E-state index contributed by atoms with van der Waals surface area (Å²) in [6.45, 7) is 5.08. The van der Waals surface area contributed by atoms with Crippen LogP contribution in [0.15, 0.2) is 24.3 Å². The van der Waals surface area contributed by atoms with Crippen LogP contribution in [0.3, 0.4) is 0 Å². The molecule has 1 aliphatic heterocycles. The molecule has 0 amide bonds. The summed E-state index contributed by atoms with van der Waals surface area (Å²) in [5.41, 5.74) is 6.75. The Balaban J connectivity index is 1.99. The summed E-state index contributed by atoms with van der Waals surface area (Å²) in [5.74, 6) is 0.525. The third kappa shape index (κ3) is 3.05. The predicted molar refractivity (Wildman–Crippen MR) is 68.2 cm³/mol. The van der Waals surface area contributed by atoms with Crippen LogP contribution in [0.4, 0.5) is 4.39 Å². The van der Waals surface area contributed by atoms with Crippen LogP contribution in [-0.2, 0) is 0 Å². The number of nitrogens with zero attached hydrogens (tertiary/aromatic N) is 1. The van der Waals surface area contributed by atoms with E-state index >= 15 is 0 Å². The summed E-state index contributed by atoms with van der Waals surface area (Å²) >= 11 is 0. The molecule has 0 aromatic heterocycles. The number of hydrogen-bond donors (Lipinski definition) is 1. The van der Waals surface area contributed by atoms with E-state index in [1.165, 1.54) is 6.07 Å². The zero-order chi connectivity index (χ0) is 12.3. The second kappa shape index (κ2) is 5.61. The van der Waals surface area contributed by atoms with Gasteiger partial charge in [0.25, 0.3) is 0 Å². The average molecular weight is 236 g/mol. The third-order valence-corrected chi connectivity index (χ3v) is 3.86. The molecule has 0 spiro atoms. The van der Waals surface area contributed by atoms with E-state index in [2.05, 4.69) is 11.8 Å². The summed E-state index contributed by atoms with van der Waals surface area (Å²) in [6, 6.07) is 7.22. The molecule has 0 radical (unpaired) electrons. The lowest BCUT2D eigenvalue weighted by Crippen LogP contribution is -2.37. The van der Waals surface area contributed by atoms with Gasteiger partial charge in [-0.1, -0.05) is 12.1 Å². The summed E-state index contributed by atoms with van der Waals surface area (Å²) in [5, 5.41) is 0. The number of rotatable bonds is 3. The fourth-order valence-electron chi connectivity index (χ4n) is 2.55. The molecule has 1 heterocycles. The van der Waals surface area contributed by atoms with Crippen molar-refractivity contribution in [2.24, 2.45) is 11.7 Å². The van der Waals surface area contributed by atoms with Gasteiger partial charge >= 0.3 is 0 Å². The topological polar surface area (TPSA) is 29.3 Å². The van der Waals surface area contributed by atoms with Crippen molar-refractivity contribution < 1.29 is 4.39 Å². The Kier molecular flexibility index (Phi) is 4.13. The maximum absolute atomic E-state index is 13.2. The van der Waals surface area contributed by atoms with Gasteiger partial charge in [-0.15, -0.1) is 0 Å². The number of hydrogen-bond acceptors (Lipinski definition) is 2. The van der Waals surface area contributed by atoms with Crippen molar-refractivity contribution in [3.63, 3.8) is 0 Å². The molecule has 1 aliphatic rings. The van der Waals surface area contributed by atoms with E-state index in [1.54, 1.807) is 12.1 Å². The quantitative estimate of drug-likeness (QED) is 0.874. The normalized spacial score (nSPS) is 20.4. The largest absolute Gasteiger partial charge is 0.330 e. The van der Waals surface area contributed by atoms with Gasteiger partial charge < -0.3 is 5.73 Å². The minimum atomic E-state index is -0.147. The summed E-state index contributed by atoms with van der Waals surface area (Å²) in [7, 11) is 0. The van der Waals surface area contributed by atoms with Gasteiger partial charge in [0.1, 0.15) is 5.82 Å². The Bertz CT molecular complexity index is 359. The lowest BCUT2D eigenvalue weighted by molar-refractivity contribution is 0.143. The number of halogens is 1. The molecule has 0 bridgehead atoms. The fourth-order valence-corrected chi connectivity index (χ4v) is 2.55. The van der Waals surface area contributed by atoms with Gasteiger partial charge in [0.15, 0.2) is 0 Å². The number of benzene rings is 1. The maximum Gasteiger partial charge on any atom is 0.123 e. The Morgan fingerprint density at radius 2 is 2.12 bits per heavy atom. The molecule has 3 heteroatoms. The Morgan fingerprint density at radius 1 is 1.41 bits per heavy atom. The van der Waals surface area contributed by atoms with Crippen LogP contribution in [0.2, 0.25) is 0 Å². The highest BCUT2D eigenvalue weighted by Gasteiger charge is 2.22. The molecular formula is C14H21FN2. The second-order valence-corrected chi connectivity index (χ2v) is 4.95. The first kappa shape index (κ1) is 12.5. The van der Waals surface area contributed by atoms with Gasteiger partial charge in [0, 0.05) is 6.04 Å². The van der Waals surface area contributed by atoms with Crippen LogP contribution in [0.5, 0.6) is 0 Å². The van der Waals surface area contributed by atoms with Gasteiger partial charge in [-0.05, 0) is 63.0 Å². The van der Waals surface area contributed by atoms with E-state index in [1.807, 2.05) is 6.07 Å². The molecule has 1 aromatic carbocycles. The first-order valence-corrected chi connectivity index (χ1v) is 6.40. The van der Waals surface area contributed by atoms with Crippen LogP contribution >= 0.6 is 0 Å². The first-order chi connectivity index (χ1) is 8.20. The molecular weight excluding hydrogens is 215 g/mol. The zero-order valence-corrected chi connectivity index (χ0v) is 10.4. The van der Waals surface area contributed by atoms with Gasteiger partial charge in [-0.2, -0.15) is 0 Å². The summed E-state index contributed by atoms with van der Waals surface area (Å²) in [6.07, 6.45) is 2.33. The Labute approximate surface area is 103 Å². The second-order valence-electron chi connectivity index (χ2n) is 4.95. The molecule has 0 saturated carbocycles. The molecule has 2 nitrogen and oxygen atoms in total. The van der Waals surface area contributed by atoms with Crippen molar-refractivity contribution in [2.45, 2.75) is 25.8 Å². The van der Waals surface area contributed by atoms with Crippen LogP contribution in [0.1, 0.15) is 31.4 Å². The molecule has 0 aliphatic carbocycles. The molecule has 94 valence electrons. The fraction of sp³-hybridized carbons (Fsp3) is 0.571. The molecule has 1 aromatic rings. The van der Waals surface area contributed by atoms with Crippen LogP contribution < -0.4 is 5.73 Å². The van der Waals surface area contributed by atoms with E-state index in [-0.39, 0.29) is 5.82 Å². The third-order valence-electron chi connectivity index (χ3n) is 3.86. The van der Waals surface area contributed by atoms with Gasteiger partial charge in [0.2, 0.25) is 0 Å². The van der Waals surface area contributed by atoms with Crippen molar-refractivity contribution >= 4 is 0 Å². The standard InChI is InChI=1S/C14H21FN2/c1-11(13-3-2-4-14(15)9-13)17-7-5-12(10-16)6-8-17/h2-4,9,11-12H,5-8,10,16H2,1H3. The molecule has 2 N–H and O–H groups in total. The van der Waals surface area contributed by atoms with Gasteiger partial charge in [0.05, 0.1) is 0 Å². The molecule has 1 fully saturated rings. The SMILES string of the molecule is CC(c1cccc(F)c1)N1CCC(CN)CC1. The van der Waals surface area contributed by atoms with Crippen molar-refractivity contribution in [3.8, 4) is 0 Å². The smallest absolute Gasteiger partial charge is 0.123 e. The van der Waals surface area contributed by atoms with Crippen LogP contribution in [-0.4, -0.2) is 24.5 Å². The number of likely N-dealkylation sites (tertiary alicyclic amines) is 1. The van der Waals surface area contributed by atoms with E-state index in [4.69, 9.17) is 5.73 Å². The van der Waals surface area contributed by atoms with Crippen molar-refractivity contribution in [2.75, 3.05) is 19.6 Å². The first-order valence-electron chi connectivity index (χ1n) is 6.40. The van der Waals surface area contributed by atoms with Crippen molar-refractivity contribution in [1.82, 2.24) is 4.90 Å². The predicted octanol–water partition coefficient (Wildman–Crippen LogP) is 2.56. The van der Waals surface area contributed by atoms with Crippen LogP contribution in [0.25, 0.3) is 0 Å². The summed E-state index contributed by atoms with van der Waals surface area (Å²) < 4.78 is 13.2. The van der Waals surface area contributed by atoms with E-state index in [9.17, 15) is 4.39 Å². The minimum Gasteiger partial charge on any atom is -0.330 e. The number of nitrogens with two attached hydrogens (primary N) is 1. The lowest BCUT2D eigenvalue weighted by atomic mass is 9.95. The zero-order valence-electron chi connectivity index (χ0n) is 10.4. The molecule has 2 rings (SSSR count). The molecule has 17 heavy (non-hydrogen) atoms. The Morgan fingerprint density at radius 3 is 2.71 bits per heavy atom. The van der Waals surface area contributed by atoms with E-state index in [0.29, 0.717) is 12.0 Å². The molecule has 1 unspecified atom stereocenters. The van der Waals surface area contributed by atoms with E-state index < -0.39 is 0 Å². The average Bonchev–Trinajstić information content (AvgIpc) is 2.38. The summed E-state index contributed by atoms with van der Waals surface area (Å²) in [4.78, 5) is 2.42. The number of piperidine rings is 1. The highest BCUT2D eigenvalue weighted by molar-refractivity contribution is 5.19. The molecule has 1 atom stereocenters. The van der Waals surface area contributed by atoms with Gasteiger partial charge in [-0.25, -0.2) is 4.39 Å². The Hall–Kier alpha value is -0.930. The monoisotopic (exact) mass is 236 g/mol. The highest BCUT2D eigenvalue weighted by Crippen LogP contribution is 2.26. The minimum absolute atomic E-state index is 0.147. The van der Waals surface area contributed by atoms with Gasteiger partial charge in [-0.3, -0.25) is 4.90 Å². The lowest BCUT2D eigenvalue weighted by Gasteiger charge is -2.35. The maximum atomic E-state index is 13.2. The van der Waals surface area contributed by atoms with Crippen LogP contribution in [0, 0.1) is 11.7 Å².